The van der Waals surface area contributed by atoms with Crippen LogP contribution in [-0.4, -0.2) is 111 Å². The zero-order valence-corrected chi connectivity index (χ0v) is 23.6. The van der Waals surface area contributed by atoms with Gasteiger partial charge in [-0.25, -0.2) is 14.8 Å². The summed E-state index contributed by atoms with van der Waals surface area (Å²) >= 11 is 0. The lowest BCUT2D eigenvalue weighted by Crippen LogP contribution is -2.42. The van der Waals surface area contributed by atoms with Crippen molar-refractivity contribution in [3.05, 3.63) is 47.8 Å². The van der Waals surface area contributed by atoms with E-state index in [-0.39, 0.29) is 0 Å². The molecular formula is C28H38N4O10. The summed E-state index contributed by atoms with van der Waals surface area (Å²) in [5.74, 6) is -3.35. The van der Waals surface area contributed by atoms with Crippen molar-refractivity contribution in [1.29, 1.82) is 0 Å². The number of hydrogen-bond acceptors (Lipinski definition) is 11. The molecule has 0 radical (unpaired) electrons. The van der Waals surface area contributed by atoms with E-state index in [9.17, 15) is 14.4 Å². The molecule has 14 heteroatoms. The highest BCUT2D eigenvalue weighted by Crippen LogP contribution is 2.19. The molecule has 2 aromatic rings. The van der Waals surface area contributed by atoms with Crippen molar-refractivity contribution < 1.29 is 49.0 Å². The molecule has 42 heavy (non-hydrogen) atoms. The van der Waals surface area contributed by atoms with Gasteiger partial charge >= 0.3 is 17.9 Å². The number of rotatable bonds is 13. The summed E-state index contributed by atoms with van der Waals surface area (Å²) in [5, 5.41) is 33.8. The lowest BCUT2D eigenvalue weighted by atomic mass is 9.96. The third kappa shape index (κ3) is 10.5. The number of aliphatic hydroxyl groups is 1. The number of aliphatic carboxylic acids is 3. The van der Waals surface area contributed by atoms with Crippen LogP contribution < -0.4 is 9.64 Å². The van der Waals surface area contributed by atoms with Crippen LogP contribution in [0, 0.1) is 0 Å². The molecule has 2 saturated heterocycles. The Bertz CT molecular complexity index is 1130. The molecule has 2 aliphatic heterocycles. The predicted molar refractivity (Wildman–Crippen MR) is 148 cm³/mol. The van der Waals surface area contributed by atoms with E-state index >= 15 is 0 Å². The number of nitrogens with zero attached hydrogens (tertiary/aromatic N) is 4. The molecule has 0 spiro atoms. The molecule has 2 fully saturated rings. The first kappa shape index (κ1) is 32.7. The minimum atomic E-state index is -2.74. The van der Waals surface area contributed by atoms with Crippen LogP contribution >= 0.6 is 0 Å². The van der Waals surface area contributed by atoms with E-state index in [1.54, 1.807) is 7.11 Å². The van der Waals surface area contributed by atoms with E-state index < -0.39 is 36.4 Å². The van der Waals surface area contributed by atoms with Crippen molar-refractivity contribution >= 4 is 23.9 Å². The zero-order chi connectivity index (χ0) is 30.5. The number of carboxylic acids is 3. The first-order chi connectivity index (χ1) is 20.1. The second kappa shape index (κ2) is 16.0. The highest BCUT2D eigenvalue weighted by Gasteiger charge is 2.40. The van der Waals surface area contributed by atoms with Crippen molar-refractivity contribution in [2.24, 2.45) is 0 Å². The van der Waals surface area contributed by atoms with E-state index in [0.717, 1.165) is 82.6 Å². The van der Waals surface area contributed by atoms with E-state index in [4.69, 9.17) is 34.6 Å². The number of aromatic nitrogens is 2. The molecule has 3 heterocycles. The number of methoxy groups -OCH3 is 1. The van der Waals surface area contributed by atoms with Crippen molar-refractivity contribution in [3.8, 4) is 5.75 Å². The molecule has 4 N–H and O–H groups in total. The van der Waals surface area contributed by atoms with Crippen LogP contribution in [0.1, 0.15) is 36.8 Å². The monoisotopic (exact) mass is 590 g/mol. The van der Waals surface area contributed by atoms with Crippen molar-refractivity contribution in [3.63, 3.8) is 0 Å². The van der Waals surface area contributed by atoms with Gasteiger partial charge in [-0.3, -0.25) is 14.5 Å². The van der Waals surface area contributed by atoms with Gasteiger partial charge in [0.15, 0.2) is 5.60 Å². The van der Waals surface area contributed by atoms with Gasteiger partial charge in [-0.05, 0) is 30.5 Å². The second-order valence-corrected chi connectivity index (χ2v) is 10.1. The third-order valence-corrected chi connectivity index (χ3v) is 6.73. The number of carboxylic acid groups (broad SMARTS) is 3. The summed E-state index contributed by atoms with van der Waals surface area (Å²) in [7, 11) is 1.69. The molecule has 1 atom stereocenters. The molecule has 14 nitrogen and oxygen atoms in total. The van der Waals surface area contributed by atoms with Gasteiger partial charge in [0, 0.05) is 57.3 Å². The van der Waals surface area contributed by atoms with Crippen LogP contribution in [0.3, 0.4) is 0 Å². The van der Waals surface area contributed by atoms with Gasteiger partial charge in [0.1, 0.15) is 5.75 Å². The van der Waals surface area contributed by atoms with Crippen LogP contribution in [0.25, 0.3) is 0 Å². The predicted octanol–water partition coefficient (Wildman–Crippen LogP) is 1.25. The molecule has 1 unspecified atom stereocenters. The zero-order valence-electron chi connectivity index (χ0n) is 23.6. The molecule has 0 saturated carbocycles. The SMILES string of the molecule is COc1ccc(CN(Cc2cnc(N3CCOCC3)nc2)CC2CCCO2)cc1.O=C(O)CC(O)(CC(=O)O)C(=O)O. The van der Waals surface area contributed by atoms with Crippen molar-refractivity contribution in [2.75, 3.05) is 51.5 Å². The molecule has 4 rings (SSSR count). The van der Waals surface area contributed by atoms with Crippen LogP contribution in [-0.2, 0) is 36.9 Å². The van der Waals surface area contributed by atoms with Crippen LogP contribution in [0.4, 0.5) is 5.95 Å². The maximum absolute atomic E-state index is 10.3. The Balaban J connectivity index is 0.000000316. The van der Waals surface area contributed by atoms with Gasteiger partial charge in [0.25, 0.3) is 0 Å². The number of morpholine rings is 1. The number of carbonyl (C=O) groups is 3. The fourth-order valence-electron chi connectivity index (χ4n) is 4.58. The van der Waals surface area contributed by atoms with Gasteiger partial charge in [0.2, 0.25) is 5.95 Å². The van der Waals surface area contributed by atoms with E-state index in [2.05, 4.69) is 31.9 Å². The summed E-state index contributed by atoms with van der Waals surface area (Å²) in [5.41, 5.74) is -0.360. The Morgan fingerprint density at radius 2 is 1.57 bits per heavy atom. The minimum Gasteiger partial charge on any atom is -0.497 e. The standard InChI is InChI=1S/C22H30N4O3.C6H8O7/c1-27-20-6-4-18(5-7-20)15-25(17-21-3-2-10-29-21)16-19-13-23-22(24-14-19)26-8-11-28-12-9-26;7-3(8)1-6(13,5(11)12)2-4(9)10/h4-7,13-14,21H,2-3,8-12,15-17H2,1H3;13H,1-2H2,(H,7,8)(H,9,10)(H,11,12). The van der Waals surface area contributed by atoms with E-state index in [0.29, 0.717) is 6.10 Å². The average Bonchev–Trinajstić information content (AvgIpc) is 3.47. The highest BCUT2D eigenvalue weighted by atomic mass is 16.5. The number of ether oxygens (including phenoxy) is 3. The van der Waals surface area contributed by atoms with Crippen LogP contribution in [0.5, 0.6) is 5.75 Å². The minimum absolute atomic E-state index is 0.307. The third-order valence-electron chi connectivity index (χ3n) is 6.73. The van der Waals surface area contributed by atoms with Gasteiger partial charge in [-0.15, -0.1) is 0 Å². The summed E-state index contributed by atoms with van der Waals surface area (Å²) in [4.78, 5) is 44.3. The quantitative estimate of drug-likeness (QED) is 0.260. The smallest absolute Gasteiger partial charge is 0.336 e. The first-order valence-electron chi connectivity index (χ1n) is 13.6. The molecule has 0 bridgehead atoms. The summed E-state index contributed by atoms with van der Waals surface area (Å²) in [6.07, 6.45) is 4.21. The molecule has 1 aromatic carbocycles. The maximum atomic E-state index is 10.3. The number of hydrogen-bond donors (Lipinski definition) is 4. The average molecular weight is 591 g/mol. The molecule has 1 aromatic heterocycles. The van der Waals surface area contributed by atoms with E-state index in [1.165, 1.54) is 5.56 Å². The molecular weight excluding hydrogens is 552 g/mol. The number of benzene rings is 1. The fourth-order valence-corrected chi connectivity index (χ4v) is 4.58. The largest absolute Gasteiger partial charge is 0.497 e. The van der Waals surface area contributed by atoms with Crippen molar-refractivity contribution in [2.45, 2.75) is 50.5 Å². The van der Waals surface area contributed by atoms with Gasteiger partial charge in [-0.2, -0.15) is 0 Å². The lowest BCUT2D eigenvalue weighted by molar-refractivity contribution is -0.170. The van der Waals surface area contributed by atoms with Crippen LogP contribution in [0.15, 0.2) is 36.7 Å². The Kier molecular flexibility index (Phi) is 12.4. The second-order valence-electron chi connectivity index (χ2n) is 10.1. The lowest BCUT2D eigenvalue weighted by Gasteiger charge is -2.27. The first-order valence-corrected chi connectivity index (χ1v) is 13.6. The van der Waals surface area contributed by atoms with Crippen molar-refractivity contribution in [1.82, 2.24) is 14.9 Å². The highest BCUT2D eigenvalue weighted by molar-refractivity contribution is 5.88. The topological polar surface area (TPSA) is 192 Å². The van der Waals surface area contributed by atoms with E-state index in [1.807, 2.05) is 24.5 Å². The molecule has 230 valence electrons. The Labute approximate surface area is 243 Å². The molecule has 0 aliphatic carbocycles. The summed E-state index contributed by atoms with van der Waals surface area (Å²) in [6.45, 7) is 6.62. The Hall–Kier alpha value is -3.85. The summed E-state index contributed by atoms with van der Waals surface area (Å²) < 4.78 is 16.6. The summed E-state index contributed by atoms with van der Waals surface area (Å²) in [6, 6.07) is 8.28. The fraction of sp³-hybridized carbons (Fsp3) is 0.536. The molecule has 0 amide bonds. The maximum Gasteiger partial charge on any atom is 0.336 e. The Morgan fingerprint density at radius 3 is 2.07 bits per heavy atom. The molecule has 2 aliphatic rings. The van der Waals surface area contributed by atoms with Gasteiger partial charge < -0.3 is 39.5 Å². The Morgan fingerprint density at radius 1 is 0.976 bits per heavy atom. The normalized spacial score (nSPS) is 16.9. The number of anilines is 1. The van der Waals surface area contributed by atoms with Gasteiger partial charge in [0.05, 0.1) is 39.3 Å². The van der Waals surface area contributed by atoms with Crippen LogP contribution in [0.2, 0.25) is 0 Å². The van der Waals surface area contributed by atoms with Gasteiger partial charge in [-0.1, -0.05) is 12.1 Å².